The molecule has 0 saturated heterocycles. The van der Waals surface area contributed by atoms with Gasteiger partial charge < -0.3 is 9.15 Å². The first-order valence-corrected chi connectivity index (χ1v) is 10.9. The number of nitrogens with zero attached hydrogens (tertiary/aromatic N) is 2. The molecule has 0 fully saturated rings. The van der Waals surface area contributed by atoms with Gasteiger partial charge >= 0.3 is 5.97 Å². The number of carbonyl (C=O) groups excluding carboxylic acids is 1. The van der Waals surface area contributed by atoms with Gasteiger partial charge in [-0.15, -0.1) is 0 Å². The molecule has 4 rings (SSSR count). The standard InChI is InChI=1S/C24H24N2O4S/c1-13(2)16-7-9-17(10-8-16)21-20(23(28)29-5)15(4)25-24-26(21)22(27)19(31-24)12-18-11-6-14(3)30-18/h6-13,21H,1-5H3/b19-12-/t21-/m1/s1. The van der Waals surface area contributed by atoms with E-state index in [0.717, 1.165) is 11.3 Å². The number of aryl methyl sites for hydroxylation is 1. The van der Waals surface area contributed by atoms with Crippen molar-refractivity contribution >= 4 is 23.4 Å². The maximum absolute atomic E-state index is 13.4. The molecule has 7 heteroatoms. The third-order valence-corrected chi connectivity index (χ3v) is 6.36. The number of esters is 1. The van der Waals surface area contributed by atoms with E-state index >= 15 is 0 Å². The molecular formula is C24H24N2O4S. The van der Waals surface area contributed by atoms with E-state index in [1.807, 2.05) is 43.3 Å². The predicted molar refractivity (Wildman–Crippen MR) is 120 cm³/mol. The van der Waals surface area contributed by atoms with Gasteiger partial charge in [0, 0.05) is 6.08 Å². The van der Waals surface area contributed by atoms with Crippen LogP contribution in [-0.4, -0.2) is 17.6 Å². The summed E-state index contributed by atoms with van der Waals surface area (Å²) in [7, 11) is 1.34. The van der Waals surface area contributed by atoms with Gasteiger partial charge in [-0.2, -0.15) is 0 Å². The van der Waals surface area contributed by atoms with Crippen molar-refractivity contribution < 1.29 is 13.9 Å². The molecule has 1 atom stereocenters. The van der Waals surface area contributed by atoms with Crippen molar-refractivity contribution in [3.63, 3.8) is 0 Å². The molecule has 2 aromatic heterocycles. The maximum Gasteiger partial charge on any atom is 0.338 e. The lowest BCUT2D eigenvalue weighted by molar-refractivity contribution is -0.136. The van der Waals surface area contributed by atoms with Crippen molar-refractivity contribution in [1.82, 2.24) is 4.57 Å². The zero-order valence-electron chi connectivity index (χ0n) is 18.1. The molecule has 0 aliphatic carbocycles. The third kappa shape index (κ3) is 3.81. The second-order valence-electron chi connectivity index (χ2n) is 7.84. The number of furan rings is 1. The van der Waals surface area contributed by atoms with Gasteiger partial charge in [0.15, 0.2) is 4.80 Å². The molecule has 3 heterocycles. The smallest absolute Gasteiger partial charge is 0.338 e. The number of rotatable bonds is 4. The summed E-state index contributed by atoms with van der Waals surface area (Å²) in [6.45, 7) is 7.87. The Bertz CT molecular complexity index is 1350. The topological polar surface area (TPSA) is 73.8 Å². The van der Waals surface area contributed by atoms with Gasteiger partial charge in [0.2, 0.25) is 0 Å². The van der Waals surface area contributed by atoms with Gasteiger partial charge in [-0.3, -0.25) is 9.36 Å². The molecule has 6 nitrogen and oxygen atoms in total. The number of fused-ring (bicyclic) bond motifs is 1. The van der Waals surface area contributed by atoms with E-state index < -0.39 is 12.0 Å². The minimum absolute atomic E-state index is 0.218. The van der Waals surface area contributed by atoms with E-state index in [1.54, 1.807) is 17.6 Å². The minimum Gasteiger partial charge on any atom is -0.466 e. The van der Waals surface area contributed by atoms with Crippen LogP contribution in [0.2, 0.25) is 0 Å². The number of hydrogen-bond donors (Lipinski definition) is 0. The Kier molecular flexibility index (Phi) is 5.54. The average molecular weight is 437 g/mol. The predicted octanol–water partition coefficient (Wildman–Crippen LogP) is 3.43. The van der Waals surface area contributed by atoms with E-state index in [4.69, 9.17) is 9.15 Å². The maximum atomic E-state index is 13.4. The van der Waals surface area contributed by atoms with Gasteiger partial charge in [-0.05, 0) is 43.0 Å². The number of benzene rings is 1. The van der Waals surface area contributed by atoms with Crippen molar-refractivity contribution in [2.75, 3.05) is 7.11 Å². The molecule has 0 bridgehead atoms. The van der Waals surface area contributed by atoms with Gasteiger partial charge in [0.05, 0.1) is 29.0 Å². The summed E-state index contributed by atoms with van der Waals surface area (Å²) in [5.74, 6) is 1.26. The highest BCUT2D eigenvalue weighted by Gasteiger charge is 2.33. The fourth-order valence-corrected chi connectivity index (χ4v) is 4.76. The number of carbonyl (C=O) groups is 1. The highest BCUT2D eigenvalue weighted by atomic mass is 32.1. The molecule has 0 radical (unpaired) electrons. The van der Waals surface area contributed by atoms with Crippen LogP contribution in [0.15, 0.2) is 61.9 Å². The third-order valence-electron chi connectivity index (χ3n) is 5.38. The highest BCUT2D eigenvalue weighted by molar-refractivity contribution is 7.07. The van der Waals surface area contributed by atoms with Gasteiger partial charge in [-0.1, -0.05) is 49.4 Å². The number of hydrogen-bond acceptors (Lipinski definition) is 6. The van der Waals surface area contributed by atoms with E-state index in [0.29, 0.717) is 32.3 Å². The second-order valence-corrected chi connectivity index (χ2v) is 8.85. The lowest BCUT2D eigenvalue weighted by Crippen LogP contribution is -2.39. The molecule has 1 aromatic carbocycles. The Labute approximate surface area is 183 Å². The summed E-state index contributed by atoms with van der Waals surface area (Å²) in [4.78, 5) is 31.2. The molecule has 1 aliphatic heterocycles. The Morgan fingerprint density at radius 2 is 1.90 bits per heavy atom. The quantitative estimate of drug-likeness (QED) is 0.588. The fraction of sp³-hybridized carbons (Fsp3) is 0.292. The number of ether oxygens (including phenoxy) is 1. The SMILES string of the molecule is COC(=O)C1=C(C)N=c2s/c(=C\c3ccc(C)o3)c(=O)n2[C@@H]1c1ccc(C(C)C)cc1. The molecule has 160 valence electrons. The first kappa shape index (κ1) is 21.1. The van der Waals surface area contributed by atoms with Crippen LogP contribution in [0.5, 0.6) is 0 Å². The van der Waals surface area contributed by atoms with Crippen molar-refractivity contribution in [2.45, 2.75) is 39.7 Å². The average Bonchev–Trinajstić information content (AvgIpc) is 3.29. The molecule has 3 aromatic rings. The molecule has 31 heavy (non-hydrogen) atoms. The van der Waals surface area contributed by atoms with E-state index in [9.17, 15) is 9.59 Å². The second kappa shape index (κ2) is 8.15. The van der Waals surface area contributed by atoms with Crippen LogP contribution >= 0.6 is 11.3 Å². The number of thiazole rings is 1. The van der Waals surface area contributed by atoms with Crippen LogP contribution in [0.1, 0.15) is 55.4 Å². The van der Waals surface area contributed by atoms with Gasteiger partial charge in [0.1, 0.15) is 11.5 Å². The molecule has 0 spiro atoms. The molecule has 1 aliphatic rings. The minimum atomic E-state index is -0.606. The van der Waals surface area contributed by atoms with E-state index in [-0.39, 0.29) is 5.56 Å². The summed E-state index contributed by atoms with van der Waals surface area (Å²) in [6, 6.07) is 11.1. The van der Waals surface area contributed by atoms with Crippen LogP contribution in [-0.2, 0) is 9.53 Å². The van der Waals surface area contributed by atoms with Crippen LogP contribution in [0.25, 0.3) is 6.08 Å². The van der Waals surface area contributed by atoms with Crippen molar-refractivity contribution in [3.8, 4) is 0 Å². The summed E-state index contributed by atoms with van der Waals surface area (Å²) in [5.41, 5.74) is 2.72. The van der Waals surface area contributed by atoms with Crippen molar-refractivity contribution in [2.24, 2.45) is 4.99 Å². The van der Waals surface area contributed by atoms with Gasteiger partial charge in [-0.25, -0.2) is 9.79 Å². The molecule has 0 amide bonds. The molecule has 0 saturated carbocycles. The van der Waals surface area contributed by atoms with Gasteiger partial charge in [0.25, 0.3) is 5.56 Å². The monoisotopic (exact) mass is 436 g/mol. The summed E-state index contributed by atoms with van der Waals surface area (Å²) in [5, 5.41) is 0. The Morgan fingerprint density at radius 1 is 1.19 bits per heavy atom. The normalized spacial score (nSPS) is 16.5. The Balaban J connectivity index is 1.95. The molecule has 0 unspecified atom stereocenters. The Hall–Kier alpha value is -3.19. The number of methoxy groups -OCH3 is 1. The first-order valence-electron chi connectivity index (χ1n) is 10.1. The van der Waals surface area contributed by atoms with Crippen LogP contribution in [0.3, 0.4) is 0 Å². The zero-order valence-corrected chi connectivity index (χ0v) is 18.9. The lowest BCUT2D eigenvalue weighted by Gasteiger charge is -2.24. The van der Waals surface area contributed by atoms with E-state index in [2.05, 4.69) is 18.8 Å². The Morgan fingerprint density at radius 3 is 2.48 bits per heavy atom. The first-order chi connectivity index (χ1) is 14.8. The fourth-order valence-electron chi connectivity index (χ4n) is 3.73. The summed E-state index contributed by atoms with van der Waals surface area (Å²) >= 11 is 1.28. The number of aromatic nitrogens is 1. The van der Waals surface area contributed by atoms with Crippen LogP contribution in [0.4, 0.5) is 0 Å². The van der Waals surface area contributed by atoms with Crippen LogP contribution < -0.4 is 14.9 Å². The van der Waals surface area contributed by atoms with Crippen molar-refractivity contribution in [1.29, 1.82) is 0 Å². The zero-order chi connectivity index (χ0) is 22.3. The molecule has 0 N–H and O–H groups in total. The summed E-state index contributed by atoms with van der Waals surface area (Å²) in [6.07, 6.45) is 1.72. The van der Waals surface area contributed by atoms with Crippen molar-refractivity contribution in [3.05, 3.63) is 90.0 Å². The van der Waals surface area contributed by atoms with Crippen LogP contribution in [0, 0.1) is 6.92 Å². The highest BCUT2D eigenvalue weighted by Crippen LogP contribution is 2.31. The molecular weight excluding hydrogens is 412 g/mol. The van der Waals surface area contributed by atoms with E-state index in [1.165, 1.54) is 24.0 Å². The lowest BCUT2D eigenvalue weighted by atomic mass is 9.93. The number of allylic oxidation sites excluding steroid dienone is 1. The largest absolute Gasteiger partial charge is 0.466 e. The summed E-state index contributed by atoms with van der Waals surface area (Å²) < 4.78 is 12.7.